The third-order valence-electron chi connectivity index (χ3n) is 4.36. The van der Waals surface area contributed by atoms with Crippen LogP contribution >= 0.6 is 0 Å². The lowest BCUT2D eigenvalue weighted by molar-refractivity contribution is -0.118. The van der Waals surface area contributed by atoms with Crippen molar-refractivity contribution in [3.63, 3.8) is 0 Å². The fraction of sp³-hybridized carbons (Fsp3) is 0.444. The van der Waals surface area contributed by atoms with E-state index in [-0.39, 0.29) is 12.5 Å². The minimum Gasteiger partial charge on any atom is -0.483 e. The first-order valence-corrected chi connectivity index (χ1v) is 8.17. The van der Waals surface area contributed by atoms with Gasteiger partial charge < -0.3 is 10.1 Å². The Morgan fingerprint density at radius 2 is 1.96 bits per heavy atom. The predicted molar refractivity (Wildman–Crippen MR) is 89.8 cm³/mol. The number of amides is 1. The number of anilines is 1. The van der Waals surface area contributed by atoms with Crippen LogP contribution in [0.25, 0.3) is 0 Å². The number of hydrogen-bond acceptors (Lipinski definition) is 3. The molecule has 0 saturated heterocycles. The minimum absolute atomic E-state index is 0.00153. The van der Waals surface area contributed by atoms with Gasteiger partial charge in [0.05, 0.1) is 12.2 Å². The highest BCUT2D eigenvalue weighted by molar-refractivity contribution is 5.91. The van der Waals surface area contributed by atoms with Crippen molar-refractivity contribution < 1.29 is 9.53 Å². The fourth-order valence-corrected chi connectivity index (χ4v) is 3.20. The summed E-state index contributed by atoms with van der Waals surface area (Å²) >= 11 is 0. The summed E-state index contributed by atoms with van der Waals surface area (Å²) in [6.07, 6.45) is 6.45. The van der Waals surface area contributed by atoms with Crippen LogP contribution in [-0.2, 0) is 4.79 Å². The van der Waals surface area contributed by atoms with Crippen molar-refractivity contribution in [2.24, 2.45) is 0 Å². The second-order valence-corrected chi connectivity index (χ2v) is 6.16. The normalized spacial score (nSPS) is 14.9. The maximum Gasteiger partial charge on any atom is 0.263 e. The van der Waals surface area contributed by atoms with E-state index in [0.717, 1.165) is 35.5 Å². The molecule has 5 nitrogen and oxygen atoms in total. The largest absolute Gasteiger partial charge is 0.483 e. The quantitative estimate of drug-likeness (QED) is 0.917. The summed E-state index contributed by atoms with van der Waals surface area (Å²) in [5.41, 5.74) is 2.07. The van der Waals surface area contributed by atoms with Gasteiger partial charge in [-0.2, -0.15) is 5.10 Å². The molecule has 0 spiro atoms. The second-order valence-electron chi connectivity index (χ2n) is 6.16. The summed E-state index contributed by atoms with van der Waals surface area (Å²) in [6, 6.07) is 8.19. The summed E-state index contributed by atoms with van der Waals surface area (Å²) in [4.78, 5) is 12.2. The van der Waals surface area contributed by atoms with Gasteiger partial charge in [-0.3, -0.25) is 4.79 Å². The number of ether oxygens (including phenoxy) is 1. The maximum atomic E-state index is 12.2. The van der Waals surface area contributed by atoms with Gasteiger partial charge in [0.25, 0.3) is 5.91 Å². The predicted octanol–water partition coefficient (Wildman–Crippen LogP) is 3.63. The Morgan fingerprint density at radius 3 is 2.65 bits per heavy atom. The molecular formula is C18H23N3O2. The number of para-hydroxylation sites is 1. The van der Waals surface area contributed by atoms with Crippen molar-refractivity contribution in [1.82, 2.24) is 9.78 Å². The third-order valence-corrected chi connectivity index (χ3v) is 4.36. The van der Waals surface area contributed by atoms with Gasteiger partial charge >= 0.3 is 0 Å². The van der Waals surface area contributed by atoms with Gasteiger partial charge in [-0.15, -0.1) is 0 Å². The van der Waals surface area contributed by atoms with Crippen molar-refractivity contribution >= 4 is 11.7 Å². The van der Waals surface area contributed by atoms with Gasteiger partial charge in [-0.1, -0.05) is 31.0 Å². The average Bonchev–Trinajstić information content (AvgIpc) is 3.17. The third kappa shape index (κ3) is 3.55. The van der Waals surface area contributed by atoms with E-state index < -0.39 is 0 Å². The molecule has 1 aliphatic carbocycles. The number of rotatable bonds is 5. The molecule has 1 saturated carbocycles. The lowest BCUT2D eigenvalue weighted by Gasteiger charge is -2.15. The lowest BCUT2D eigenvalue weighted by Crippen LogP contribution is -2.23. The Kier molecular flexibility index (Phi) is 4.65. The summed E-state index contributed by atoms with van der Waals surface area (Å²) in [5, 5.41) is 7.27. The number of hydrogen-bond donors (Lipinski definition) is 1. The Hall–Kier alpha value is -2.30. The molecule has 0 aliphatic heterocycles. The standard InChI is InChI=1S/C18H23N3O2/c1-13-6-5-7-14(2)18(13)23-12-17(22)20-16-10-11-19-21(16)15-8-3-4-9-15/h5-7,10-11,15H,3-4,8-9,12H2,1-2H3,(H,20,22). The van der Waals surface area contributed by atoms with Crippen LogP contribution in [0, 0.1) is 13.8 Å². The molecule has 1 amide bonds. The van der Waals surface area contributed by atoms with E-state index in [0.29, 0.717) is 6.04 Å². The number of aryl methyl sites for hydroxylation is 2. The molecule has 1 aromatic carbocycles. The highest BCUT2D eigenvalue weighted by Gasteiger charge is 2.20. The molecule has 122 valence electrons. The highest BCUT2D eigenvalue weighted by atomic mass is 16.5. The van der Waals surface area contributed by atoms with E-state index in [1.54, 1.807) is 6.20 Å². The number of benzene rings is 1. The zero-order valence-electron chi connectivity index (χ0n) is 13.7. The summed E-state index contributed by atoms with van der Waals surface area (Å²) in [5.74, 6) is 1.38. The molecule has 1 heterocycles. The monoisotopic (exact) mass is 313 g/mol. The number of aromatic nitrogens is 2. The first-order chi connectivity index (χ1) is 11.1. The molecule has 1 aliphatic rings. The topological polar surface area (TPSA) is 56.1 Å². The number of carbonyl (C=O) groups is 1. The fourth-order valence-electron chi connectivity index (χ4n) is 3.20. The van der Waals surface area contributed by atoms with Gasteiger partial charge in [-0.25, -0.2) is 4.68 Å². The minimum atomic E-state index is -0.160. The molecule has 1 fully saturated rings. The Bertz CT molecular complexity index is 667. The van der Waals surface area contributed by atoms with Crippen LogP contribution in [0.4, 0.5) is 5.82 Å². The summed E-state index contributed by atoms with van der Waals surface area (Å²) in [6.45, 7) is 3.96. The molecule has 23 heavy (non-hydrogen) atoms. The molecular weight excluding hydrogens is 290 g/mol. The van der Waals surface area contributed by atoms with Crippen LogP contribution in [0.3, 0.4) is 0 Å². The Labute approximate surface area is 136 Å². The molecule has 0 unspecified atom stereocenters. The number of nitrogens with zero attached hydrogens (tertiary/aromatic N) is 2. The van der Waals surface area contributed by atoms with Gasteiger partial charge in [-0.05, 0) is 37.8 Å². The van der Waals surface area contributed by atoms with Crippen molar-refractivity contribution in [3.05, 3.63) is 41.6 Å². The summed E-state index contributed by atoms with van der Waals surface area (Å²) in [7, 11) is 0. The molecule has 0 radical (unpaired) electrons. The van der Waals surface area contributed by atoms with E-state index in [1.165, 1.54) is 12.8 Å². The van der Waals surface area contributed by atoms with E-state index in [1.807, 2.05) is 42.8 Å². The smallest absolute Gasteiger partial charge is 0.263 e. The lowest BCUT2D eigenvalue weighted by atomic mass is 10.1. The summed E-state index contributed by atoms with van der Waals surface area (Å²) < 4.78 is 7.64. The van der Waals surface area contributed by atoms with Crippen molar-refractivity contribution in [1.29, 1.82) is 0 Å². The molecule has 1 aromatic heterocycles. The Morgan fingerprint density at radius 1 is 1.26 bits per heavy atom. The van der Waals surface area contributed by atoms with Crippen LogP contribution in [-0.4, -0.2) is 22.3 Å². The molecule has 0 bridgehead atoms. The zero-order chi connectivity index (χ0) is 16.2. The van der Waals surface area contributed by atoms with E-state index in [9.17, 15) is 4.79 Å². The molecule has 1 N–H and O–H groups in total. The average molecular weight is 313 g/mol. The zero-order valence-corrected chi connectivity index (χ0v) is 13.7. The van der Waals surface area contributed by atoms with Crippen LogP contribution in [0.15, 0.2) is 30.5 Å². The highest BCUT2D eigenvalue weighted by Crippen LogP contribution is 2.31. The molecule has 0 atom stereocenters. The van der Waals surface area contributed by atoms with E-state index >= 15 is 0 Å². The maximum absolute atomic E-state index is 12.2. The van der Waals surface area contributed by atoms with Crippen molar-refractivity contribution in [2.45, 2.75) is 45.6 Å². The first kappa shape index (κ1) is 15.6. The molecule has 3 rings (SSSR count). The van der Waals surface area contributed by atoms with Crippen LogP contribution in [0.2, 0.25) is 0 Å². The Balaban J connectivity index is 1.61. The number of nitrogens with one attached hydrogen (secondary N) is 1. The van der Waals surface area contributed by atoms with Crippen LogP contribution < -0.4 is 10.1 Å². The first-order valence-electron chi connectivity index (χ1n) is 8.17. The van der Waals surface area contributed by atoms with Crippen molar-refractivity contribution in [2.75, 3.05) is 11.9 Å². The SMILES string of the molecule is Cc1cccc(C)c1OCC(=O)Nc1ccnn1C1CCCC1. The van der Waals surface area contributed by atoms with Gasteiger partial charge in [0.1, 0.15) is 11.6 Å². The second kappa shape index (κ2) is 6.86. The van der Waals surface area contributed by atoms with E-state index in [2.05, 4.69) is 10.4 Å². The van der Waals surface area contributed by atoms with Gasteiger partial charge in [0.15, 0.2) is 6.61 Å². The molecule has 5 heteroatoms. The van der Waals surface area contributed by atoms with Crippen LogP contribution in [0.5, 0.6) is 5.75 Å². The number of carbonyl (C=O) groups excluding carboxylic acids is 1. The van der Waals surface area contributed by atoms with E-state index in [4.69, 9.17) is 4.74 Å². The van der Waals surface area contributed by atoms with Gasteiger partial charge in [0.2, 0.25) is 0 Å². The van der Waals surface area contributed by atoms with Crippen molar-refractivity contribution in [3.8, 4) is 5.75 Å². The van der Waals surface area contributed by atoms with Crippen LogP contribution in [0.1, 0.15) is 42.9 Å². The molecule has 2 aromatic rings. The van der Waals surface area contributed by atoms with Gasteiger partial charge in [0, 0.05) is 6.07 Å².